The van der Waals surface area contributed by atoms with Crippen molar-refractivity contribution in [2.75, 3.05) is 20.3 Å². The first kappa shape index (κ1) is 17.5. The largest absolute Gasteiger partial charge is 0.483 e. The number of carbonyl (C=O) groups excluding carboxylic acids is 2. The van der Waals surface area contributed by atoms with E-state index in [-0.39, 0.29) is 12.5 Å². The molecule has 2 rings (SSSR count). The molecule has 0 saturated carbocycles. The third-order valence-electron chi connectivity index (χ3n) is 3.48. The van der Waals surface area contributed by atoms with Gasteiger partial charge in [0.05, 0.1) is 7.11 Å². The van der Waals surface area contributed by atoms with Crippen molar-refractivity contribution in [1.82, 2.24) is 5.32 Å². The van der Waals surface area contributed by atoms with Gasteiger partial charge in [-0.2, -0.15) is 0 Å². The Morgan fingerprint density at radius 1 is 1.08 bits per heavy atom. The number of hydrogen-bond donors (Lipinski definition) is 1. The lowest BCUT2D eigenvalue weighted by molar-refractivity contribution is -0.123. The second-order valence-corrected chi connectivity index (χ2v) is 5.37. The highest BCUT2D eigenvalue weighted by atomic mass is 16.5. The number of ether oxygens (including phenoxy) is 2. The smallest absolute Gasteiger partial charge is 0.341 e. The van der Waals surface area contributed by atoms with Gasteiger partial charge in [-0.3, -0.25) is 4.79 Å². The molecule has 2 aromatic carbocycles. The monoisotopic (exact) mass is 327 g/mol. The Balaban J connectivity index is 1.84. The van der Waals surface area contributed by atoms with Gasteiger partial charge in [0, 0.05) is 6.54 Å². The van der Waals surface area contributed by atoms with Crippen LogP contribution in [0.5, 0.6) is 5.75 Å². The highest BCUT2D eigenvalue weighted by Crippen LogP contribution is 2.20. The maximum atomic E-state index is 11.9. The van der Waals surface area contributed by atoms with Crippen molar-refractivity contribution in [3.05, 3.63) is 65.2 Å². The molecule has 5 heteroatoms. The predicted molar refractivity (Wildman–Crippen MR) is 91.2 cm³/mol. The number of esters is 1. The fraction of sp³-hybridized carbons (Fsp3) is 0.263. The van der Waals surface area contributed by atoms with Crippen LogP contribution in [0.2, 0.25) is 0 Å². The van der Waals surface area contributed by atoms with Crippen molar-refractivity contribution < 1.29 is 19.1 Å². The molecule has 0 aromatic heterocycles. The molecule has 126 valence electrons. The van der Waals surface area contributed by atoms with Gasteiger partial charge in [-0.1, -0.05) is 42.0 Å². The number of nitrogens with one attached hydrogen (secondary N) is 1. The van der Waals surface area contributed by atoms with Crippen LogP contribution in [0.1, 0.15) is 21.5 Å². The maximum Gasteiger partial charge on any atom is 0.341 e. The van der Waals surface area contributed by atoms with Gasteiger partial charge in [0.2, 0.25) is 0 Å². The molecular weight excluding hydrogens is 306 g/mol. The van der Waals surface area contributed by atoms with Gasteiger partial charge in [-0.15, -0.1) is 0 Å². The van der Waals surface area contributed by atoms with Crippen LogP contribution in [0.3, 0.4) is 0 Å². The molecule has 0 heterocycles. The zero-order chi connectivity index (χ0) is 17.4. The lowest BCUT2D eigenvalue weighted by Crippen LogP contribution is -2.30. The lowest BCUT2D eigenvalue weighted by atomic mass is 10.1. The molecule has 24 heavy (non-hydrogen) atoms. The van der Waals surface area contributed by atoms with Crippen LogP contribution in [0, 0.1) is 6.92 Å². The van der Waals surface area contributed by atoms with E-state index in [0.717, 1.165) is 17.5 Å². The third-order valence-corrected chi connectivity index (χ3v) is 3.48. The van der Waals surface area contributed by atoms with Gasteiger partial charge >= 0.3 is 5.97 Å². The second kappa shape index (κ2) is 8.72. The van der Waals surface area contributed by atoms with Crippen LogP contribution in [0.15, 0.2) is 48.5 Å². The molecule has 0 radical (unpaired) electrons. The number of benzene rings is 2. The van der Waals surface area contributed by atoms with E-state index in [1.807, 2.05) is 43.3 Å². The van der Waals surface area contributed by atoms with Gasteiger partial charge in [-0.25, -0.2) is 4.79 Å². The van der Waals surface area contributed by atoms with Crippen LogP contribution in [-0.2, 0) is 16.0 Å². The topological polar surface area (TPSA) is 64.6 Å². The van der Waals surface area contributed by atoms with E-state index < -0.39 is 5.97 Å². The average Bonchev–Trinajstić information content (AvgIpc) is 2.61. The summed E-state index contributed by atoms with van der Waals surface area (Å²) >= 11 is 0. The number of rotatable bonds is 7. The molecule has 0 aliphatic rings. The molecule has 0 aliphatic carbocycles. The lowest BCUT2D eigenvalue weighted by Gasteiger charge is -2.11. The Morgan fingerprint density at radius 2 is 1.83 bits per heavy atom. The van der Waals surface area contributed by atoms with E-state index in [2.05, 4.69) is 5.32 Å². The van der Waals surface area contributed by atoms with Crippen LogP contribution >= 0.6 is 0 Å². The van der Waals surface area contributed by atoms with Crippen molar-refractivity contribution in [2.24, 2.45) is 0 Å². The fourth-order valence-corrected chi connectivity index (χ4v) is 2.22. The van der Waals surface area contributed by atoms with Gasteiger partial charge in [0.15, 0.2) is 6.61 Å². The van der Waals surface area contributed by atoms with Crippen molar-refractivity contribution in [3.63, 3.8) is 0 Å². The fourth-order valence-electron chi connectivity index (χ4n) is 2.22. The summed E-state index contributed by atoms with van der Waals surface area (Å²) in [7, 11) is 1.31. The number of aryl methyl sites for hydroxylation is 1. The molecule has 0 atom stereocenters. The number of hydrogen-bond acceptors (Lipinski definition) is 4. The number of carbonyl (C=O) groups is 2. The standard InChI is InChI=1S/C19H21NO4/c1-14-8-9-17(16(12-14)19(22)23-2)24-13-18(21)20-11-10-15-6-4-3-5-7-15/h3-9,12H,10-11,13H2,1-2H3,(H,20,21). The second-order valence-electron chi connectivity index (χ2n) is 5.37. The summed E-state index contributed by atoms with van der Waals surface area (Å²) in [6.07, 6.45) is 0.754. The normalized spacial score (nSPS) is 10.1. The van der Waals surface area contributed by atoms with Crippen LogP contribution in [0.4, 0.5) is 0 Å². The molecule has 5 nitrogen and oxygen atoms in total. The first-order valence-electron chi connectivity index (χ1n) is 7.72. The SMILES string of the molecule is COC(=O)c1cc(C)ccc1OCC(=O)NCCc1ccccc1. The van der Waals surface area contributed by atoms with Crippen LogP contribution in [-0.4, -0.2) is 32.1 Å². The average molecular weight is 327 g/mol. The maximum absolute atomic E-state index is 11.9. The molecule has 0 spiro atoms. The van der Waals surface area contributed by atoms with Gasteiger partial charge < -0.3 is 14.8 Å². The van der Waals surface area contributed by atoms with Crippen molar-refractivity contribution in [3.8, 4) is 5.75 Å². The Kier molecular flexibility index (Phi) is 6.37. The number of amides is 1. The van der Waals surface area contributed by atoms with Gasteiger partial charge in [0.1, 0.15) is 11.3 Å². The van der Waals surface area contributed by atoms with Crippen LogP contribution < -0.4 is 10.1 Å². The zero-order valence-electron chi connectivity index (χ0n) is 13.9. The van der Waals surface area contributed by atoms with E-state index in [1.54, 1.807) is 12.1 Å². The summed E-state index contributed by atoms with van der Waals surface area (Å²) in [6.45, 7) is 2.25. The highest BCUT2D eigenvalue weighted by Gasteiger charge is 2.14. The molecule has 2 aromatic rings. The molecule has 1 N–H and O–H groups in total. The molecule has 0 unspecified atom stereocenters. The van der Waals surface area contributed by atoms with Crippen molar-refractivity contribution in [2.45, 2.75) is 13.3 Å². The van der Waals surface area contributed by atoms with Crippen LogP contribution in [0.25, 0.3) is 0 Å². The summed E-state index contributed by atoms with van der Waals surface area (Å²) in [5.41, 5.74) is 2.38. The highest BCUT2D eigenvalue weighted by molar-refractivity contribution is 5.92. The minimum atomic E-state index is -0.488. The van der Waals surface area contributed by atoms with Crippen molar-refractivity contribution >= 4 is 11.9 Å². The van der Waals surface area contributed by atoms with E-state index in [1.165, 1.54) is 7.11 Å². The molecule has 0 bridgehead atoms. The van der Waals surface area contributed by atoms with Gasteiger partial charge in [-0.05, 0) is 31.0 Å². The van der Waals surface area contributed by atoms with E-state index in [0.29, 0.717) is 17.9 Å². The molecule has 0 fully saturated rings. The molecule has 1 amide bonds. The summed E-state index contributed by atoms with van der Waals surface area (Å²) in [6, 6.07) is 15.1. The minimum Gasteiger partial charge on any atom is -0.483 e. The van der Waals surface area contributed by atoms with Gasteiger partial charge in [0.25, 0.3) is 5.91 Å². The summed E-state index contributed by atoms with van der Waals surface area (Å²) in [4.78, 5) is 23.6. The Labute approximate surface area is 141 Å². The predicted octanol–water partition coefficient (Wildman–Crippen LogP) is 2.52. The zero-order valence-corrected chi connectivity index (χ0v) is 13.9. The quantitative estimate of drug-likeness (QED) is 0.794. The summed E-state index contributed by atoms with van der Waals surface area (Å²) in [5, 5.41) is 2.80. The Hall–Kier alpha value is -2.82. The summed E-state index contributed by atoms with van der Waals surface area (Å²) < 4.78 is 10.2. The van der Waals surface area contributed by atoms with E-state index >= 15 is 0 Å². The molecule has 0 saturated heterocycles. The number of methoxy groups -OCH3 is 1. The van der Waals surface area contributed by atoms with Crippen molar-refractivity contribution in [1.29, 1.82) is 0 Å². The molecule has 0 aliphatic heterocycles. The summed E-state index contributed by atoms with van der Waals surface area (Å²) in [5.74, 6) is -0.383. The first-order chi connectivity index (χ1) is 11.6. The minimum absolute atomic E-state index is 0.151. The Morgan fingerprint density at radius 3 is 2.54 bits per heavy atom. The van der Waals surface area contributed by atoms with E-state index in [4.69, 9.17) is 9.47 Å². The third kappa shape index (κ3) is 5.12. The molecular formula is C19H21NO4. The Bertz CT molecular complexity index is 698. The first-order valence-corrected chi connectivity index (χ1v) is 7.72. The van der Waals surface area contributed by atoms with E-state index in [9.17, 15) is 9.59 Å².